The molecule has 6 heteroatoms. The highest BCUT2D eigenvalue weighted by molar-refractivity contribution is 5.83. The standard InChI is InChI=1S/C20H26N2O4/c21-19(20(24)22-11-14-7-8-25-12-14)10-17(23)13-26-18-6-5-15-3-1-2-4-16(15)9-18/h1-6,9,14,17,19,23H,7-8,10-13,21H2,(H,22,24). The zero-order chi connectivity index (χ0) is 18.4. The second-order valence-electron chi connectivity index (χ2n) is 6.79. The highest BCUT2D eigenvalue weighted by Gasteiger charge is 2.21. The maximum atomic E-state index is 12.0. The van der Waals surface area contributed by atoms with E-state index in [-0.39, 0.29) is 18.9 Å². The summed E-state index contributed by atoms with van der Waals surface area (Å²) in [6, 6.07) is 13.0. The Kier molecular flexibility index (Phi) is 6.44. The summed E-state index contributed by atoms with van der Waals surface area (Å²) in [6.45, 7) is 2.08. The van der Waals surface area contributed by atoms with Crippen LogP contribution in [0.3, 0.4) is 0 Å². The Hall–Kier alpha value is -2.15. The first kappa shape index (κ1) is 18.6. The van der Waals surface area contributed by atoms with Crippen LogP contribution in [-0.2, 0) is 9.53 Å². The maximum absolute atomic E-state index is 12.0. The average Bonchev–Trinajstić information content (AvgIpc) is 3.17. The van der Waals surface area contributed by atoms with Crippen molar-refractivity contribution in [1.29, 1.82) is 0 Å². The van der Waals surface area contributed by atoms with Gasteiger partial charge in [0.05, 0.1) is 18.8 Å². The molecule has 140 valence electrons. The van der Waals surface area contributed by atoms with Crippen LogP contribution in [0, 0.1) is 5.92 Å². The molecule has 1 amide bonds. The predicted molar refractivity (Wildman–Crippen MR) is 100.0 cm³/mol. The van der Waals surface area contributed by atoms with Crippen LogP contribution in [0.2, 0.25) is 0 Å². The van der Waals surface area contributed by atoms with Gasteiger partial charge in [0.1, 0.15) is 12.4 Å². The van der Waals surface area contributed by atoms with Gasteiger partial charge in [-0.1, -0.05) is 30.3 Å². The van der Waals surface area contributed by atoms with Crippen molar-refractivity contribution in [3.8, 4) is 5.75 Å². The Morgan fingerprint density at radius 3 is 2.88 bits per heavy atom. The van der Waals surface area contributed by atoms with Gasteiger partial charge in [0, 0.05) is 25.5 Å². The Morgan fingerprint density at radius 1 is 1.31 bits per heavy atom. The summed E-state index contributed by atoms with van der Waals surface area (Å²) in [5.74, 6) is 0.788. The van der Waals surface area contributed by atoms with Crippen LogP contribution in [0.4, 0.5) is 0 Å². The van der Waals surface area contributed by atoms with E-state index < -0.39 is 12.1 Å². The first-order chi connectivity index (χ1) is 12.6. The molecule has 3 atom stereocenters. The molecule has 0 radical (unpaired) electrons. The molecule has 3 rings (SSSR count). The SMILES string of the molecule is NC(CC(O)COc1ccc2ccccc2c1)C(=O)NCC1CCOC1. The van der Waals surface area contributed by atoms with E-state index in [0.717, 1.165) is 23.8 Å². The molecule has 26 heavy (non-hydrogen) atoms. The normalized spacial score (nSPS) is 19.2. The number of nitrogens with one attached hydrogen (secondary N) is 1. The van der Waals surface area contributed by atoms with Crippen molar-refractivity contribution in [2.45, 2.75) is 25.0 Å². The Morgan fingerprint density at radius 2 is 2.12 bits per heavy atom. The summed E-state index contributed by atoms with van der Waals surface area (Å²) in [5, 5.41) is 15.2. The van der Waals surface area contributed by atoms with Crippen molar-refractivity contribution in [2.75, 3.05) is 26.4 Å². The van der Waals surface area contributed by atoms with E-state index in [1.54, 1.807) is 0 Å². The number of amides is 1. The van der Waals surface area contributed by atoms with Gasteiger partial charge in [0.25, 0.3) is 0 Å². The molecule has 2 aromatic rings. The number of ether oxygens (including phenoxy) is 2. The number of rotatable bonds is 8. The van der Waals surface area contributed by atoms with E-state index in [1.165, 1.54) is 0 Å². The largest absolute Gasteiger partial charge is 0.491 e. The lowest BCUT2D eigenvalue weighted by Crippen LogP contribution is -2.44. The van der Waals surface area contributed by atoms with E-state index in [9.17, 15) is 9.90 Å². The summed E-state index contributed by atoms with van der Waals surface area (Å²) in [4.78, 5) is 12.0. The van der Waals surface area contributed by atoms with E-state index in [2.05, 4.69) is 5.32 Å². The van der Waals surface area contributed by atoms with Gasteiger partial charge in [-0.05, 0) is 29.3 Å². The van der Waals surface area contributed by atoms with Crippen LogP contribution in [-0.4, -0.2) is 49.5 Å². The summed E-state index contributed by atoms with van der Waals surface area (Å²) >= 11 is 0. The average molecular weight is 358 g/mol. The molecule has 1 fully saturated rings. The van der Waals surface area contributed by atoms with Gasteiger partial charge in [0.2, 0.25) is 5.91 Å². The quantitative estimate of drug-likeness (QED) is 0.664. The predicted octanol–water partition coefficient (Wildman–Crippen LogP) is 1.45. The van der Waals surface area contributed by atoms with Crippen LogP contribution in [0.5, 0.6) is 5.75 Å². The van der Waals surface area contributed by atoms with Crippen molar-refractivity contribution in [3.63, 3.8) is 0 Å². The lowest BCUT2D eigenvalue weighted by Gasteiger charge is -2.18. The van der Waals surface area contributed by atoms with Crippen molar-refractivity contribution < 1.29 is 19.4 Å². The molecule has 3 unspecified atom stereocenters. The molecular weight excluding hydrogens is 332 g/mol. The van der Waals surface area contributed by atoms with Gasteiger partial charge < -0.3 is 25.6 Å². The third kappa shape index (κ3) is 5.17. The number of hydrogen-bond donors (Lipinski definition) is 3. The van der Waals surface area contributed by atoms with Gasteiger partial charge in [-0.25, -0.2) is 0 Å². The fraction of sp³-hybridized carbons (Fsp3) is 0.450. The molecule has 1 saturated heterocycles. The molecule has 0 bridgehead atoms. The molecule has 1 aliphatic heterocycles. The second-order valence-corrected chi connectivity index (χ2v) is 6.79. The monoisotopic (exact) mass is 358 g/mol. The molecule has 4 N–H and O–H groups in total. The second kappa shape index (κ2) is 8.98. The molecule has 0 saturated carbocycles. The fourth-order valence-electron chi connectivity index (χ4n) is 3.04. The van der Waals surface area contributed by atoms with Crippen LogP contribution >= 0.6 is 0 Å². The Balaban J connectivity index is 1.42. The molecule has 1 aliphatic rings. The first-order valence-electron chi connectivity index (χ1n) is 9.02. The third-order valence-corrected chi connectivity index (χ3v) is 4.62. The number of benzene rings is 2. The lowest BCUT2D eigenvalue weighted by atomic mass is 10.1. The number of carbonyl (C=O) groups is 1. The highest BCUT2D eigenvalue weighted by Crippen LogP contribution is 2.20. The Bertz CT molecular complexity index is 731. The number of nitrogens with two attached hydrogens (primary N) is 1. The summed E-state index contributed by atoms with van der Waals surface area (Å²) in [5.41, 5.74) is 5.89. The number of aliphatic hydroxyl groups excluding tert-OH is 1. The smallest absolute Gasteiger partial charge is 0.237 e. The minimum absolute atomic E-state index is 0.0930. The van der Waals surface area contributed by atoms with E-state index >= 15 is 0 Å². The van der Waals surface area contributed by atoms with Crippen LogP contribution < -0.4 is 15.8 Å². The number of fused-ring (bicyclic) bond motifs is 1. The van der Waals surface area contributed by atoms with E-state index in [0.29, 0.717) is 24.8 Å². The minimum Gasteiger partial charge on any atom is -0.491 e. The summed E-state index contributed by atoms with van der Waals surface area (Å²) in [7, 11) is 0. The van der Waals surface area contributed by atoms with Gasteiger partial charge in [-0.2, -0.15) is 0 Å². The topological polar surface area (TPSA) is 93.8 Å². The van der Waals surface area contributed by atoms with Gasteiger partial charge >= 0.3 is 0 Å². The van der Waals surface area contributed by atoms with Crippen molar-refractivity contribution in [1.82, 2.24) is 5.32 Å². The molecule has 0 aliphatic carbocycles. The van der Waals surface area contributed by atoms with Gasteiger partial charge in [-0.15, -0.1) is 0 Å². The third-order valence-electron chi connectivity index (χ3n) is 4.62. The van der Waals surface area contributed by atoms with Crippen molar-refractivity contribution in [2.24, 2.45) is 11.7 Å². The number of hydrogen-bond acceptors (Lipinski definition) is 5. The lowest BCUT2D eigenvalue weighted by molar-refractivity contribution is -0.123. The maximum Gasteiger partial charge on any atom is 0.237 e. The molecule has 6 nitrogen and oxygen atoms in total. The minimum atomic E-state index is -0.808. The summed E-state index contributed by atoms with van der Waals surface area (Å²) < 4.78 is 10.9. The molecule has 2 aromatic carbocycles. The van der Waals surface area contributed by atoms with Crippen LogP contribution in [0.1, 0.15) is 12.8 Å². The first-order valence-corrected chi connectivity index (χ1v) is 9.02. The number of aliphatic hydroxyl groups is 1. The van der Waals surface area contributed by atoms with Crippen molar-refractivity contribution >= 4 is 16.7 Å². The molecule has 1 heterocycles. The molecule has 0 spiro atoms. The summed E-state index contributed by atoms with van der Waals surface area (Å²) in [6.07, 6.45) is 0.301. The van der Waals surface area contributed by atoms with Gasteiger partial charge in [0.15, 0.2) is 0 Å². The van der Waals surface area contributed by atoms with Crippen LogP contribution in [0.25, 0.3) is 10.8 Å². The molecular formula is C20H26N2O4. The number of carbonyl (C=O) groups excluding carboxylic acids is 1. The highest BCUT2D eigenvalue weighted by atomic mass is 16.5. The Labute approximate surface area is 153 Å². The van der Waals surface area contributed by atoms with Crippen molar-refractivity contribution in [3.05, 3.63) is 42.5 Å². The van der Waals surface area contributed by atoms with E-state index in [1.807, 2.05) is 42.5 Å². The zero-order valence-electron chi connectivity index (χ0n) is 14.8. The van der Waals surface area contributed by atoms with Gasteiger partial charge in [-0.3, -0.25) is 4.79 Å². The molecule has 0 aromatic heterocycles. The fourth-order valence-corrected chi connectivity index (χ4v) is 3.04. The zero-order valence-corrected chi connectivity index (χ0v) is 14.8. The van der Waals surface area contributed by atoms with Crippen LogP contribution in [0.15, 0.2) is 42.5 Å². The van der Waals surface area contributed by atoms with E-state index in [4.69, 9.17) is 15.2 Å².